The number of nitrogens with two attached hydrogens (primary N) is 1. The third-order valence-electron chi connectivity index (χ3n) is 2.66. The van der Waals surface area contributed by atoms with E-state index in [0.29, 0.717) is 11.5 Å². The van der Waals surface area contributed by atoms with E-state index in [4.69, 9.17) is 22.6 Å². The molecule has 1 aromatic rings. The fourth-order valence-corrected chi connectivity index (χ4v) is 3.41. The first-order chi connectivity index (χ1) is 9.26. The van der Waals surface area contributed by atoms with Crippen LogP contribution in [0.3, 0.4) is 0 Å². The van der Waals surface area contributed by atoms with Gasteiger partial charge in [-0.3, -0.25) is 0 Å². The number of halogens is 1. The van der Waals surface area contributed by atoms with Crippen molar-refractivity contribution < 1.29 is 8.42 Å². The Morgan fingerprint density at radius 3 is 2.60 bits per heavy atom. The highest BCUT2D eigenvalue weighted by molar-refractivity contribution is 7.89. The maximum Gasteiger partial charge on any atom is 0.242 e. The summed E-state index contributed by atoms with van der Waals surface area (Å²) in [5.41, 5.74) is 6.15. The molecule has 1 atom stereocenters. The van der Waals surface area contributed by atoms with E-state index in [0.717, 1.165) is 6.42 Å². The Bertz CT molecular complexity index is 609. The van der Waals surface area contributed by atoms with E-state index >= 15 is 0 Å². The summed E-state index contributed by atoms with van der Waals surface area (Å²) < 4.78 is 26.7. The van der Waals surface area contributed by atoms with Crippen molar-refractivity contribution in [2.45, 2.75) is 31.2 Å². The van der Waals surface area contributed by atoms with Gasteiger partial charge in [0.1, 0.15) is 4.90 Å². The largest absolute Gasteiger partial charge is 0.327 e. The molecule has 0 aliphatic carbocycles. The van der Waals surface area contributed by atoms with Crippen LogP contribution in [0.4, 0.5) is 0 Å². The van der Waals surface area contributed by atoms with Crippen LogP contribution in [0.5, 0.6) is 0 Å². The lowest BCUT2D eigenvalue weighted by Gasteiger charge is -2.15. The first-order valence-corrected chi connectivity index (χ1v) is 8.07. The maximum atomic E-state index is 12.1. The van der Waals surface area contributed by atoms with E-state index < -0.39 is 10.0 Å². The Kier molecular flexibility index (Phi) is 5.96. The lowest BCUT2D eigenvalue weighted by molar-refractivity contribution is 0.486. The minimum absolute atomic E-state index is 0.0222. The zero-order valence-corrected chi connectivity index (χ0v) is 13.0. The second-order valence-electron chi connectivity index (χ2n) is 5.00. The van der Waals surface area contributed by atoms with Crippen LogP contribution in [0.2, 0.25) is 5.02 Å². The molecule has 1 unspecified atom stereocenters. The smallest absolute Gasteiger partial charge is 0.242 e. The Hall–Kier alpha value is -1.13. The molecule has 3 N–H and O–H groups in total. The molecule has 0 fully saturated rings. The van der Waals surface area contributed by atoms with Gasteiger partial charge in [-0.2, -0.15) is 5.26 Å². The number of hydrogen-bond acceptors (Lipinski definition) is 4. The third-order valence-corrected chi connectivity index (χ3v) is 4.57. The number of nitrogens with one attached hydrogen (secondary N) is 1. The van der Waals surface area contributed by atoms with E-state index in [2.05, 4.69) is 4.72 Å². The van der Waals surface area contributed by atoms with E-state index in [1.54, 1.807) is 0 Å². The van der Waals surface area contributed by atoms with Crippen LogP contribution < -0.4 is 10.5 Å². The molecule has 7 heteroatoms. The highest BCUT2D eigenvalue weighted by Gasteiger charge is 2.19. The van der Waals surface area contributed by atoms with E-state index in [1.165, 1.54) is 18.2 Å². The summed E-state index contributed by atoms with van der Waals surface area (Å²) in [6, 6.07) is 5.70. The molecular formula is C13H18ClN3O2S. The summed E-state index contributed by atoms with van der Waals surface area (Å²) in [6.45, 7) is 4.19. The van der Waals surface area contributed by atoms with Crippen molar-refractivity contribution in [2.75, 3.05) is 6.54 Å². The molecule has 1 rings (SSSR count). The van der Waals surface area contributed by atoms with Crippen molar-refractivity contribution in [3.8, 4) is 6.07 Å². The summed E-state index contributed by atoms with van der Waals surface area (Å²) in [6.07, 6.45) is 0.726. The summed E-state index contributed by atoms with van der Waals surface area (Å²) in [5, 5.41) is 8.75. The predicted octanol–water partition coefficient (Wildman–Crippen LogP) is 1.86. The fraction of sp³-hybridized carbons (Fsp3) is 0.462. The summed E-state index contributed by atoms with van der Waals surface area (Å²) in [5.74, 6) is 0.396. The predicted molar refractivity (Wildman–Crippen MR) is 78.8 cm³/mol. The van der Waals surface area contributed by atoms with Crippen LogP contribution in [0.1, 0.15) is 25.8 Å². The van der Waals surface area contributed by atoms with Crippen molar-refractivity contribution in [3.05, 3.63) is 28.8 Å². The van der Waals surface area contributed by atoms with Gasteiger partial charge in [-0.05, 0) is 30.5 Å². The normalized spacial score (nSPS) is 13.2. The van der Waals surface area contributed by atoms with Crippen LogP contribution >= 0.6 is 11.6 Å². The Labute approximate surface area is 124 Å². The van der Waals surface area contributed by atoms with Crippen LogP contribution in [-0.2, 0) is 10.0 Å². The van der Waals surface area contributed by atoms with Gasteiger partial charge >= 0.3 is 0 Å². The van der Waals surface area contributed by atoms with Gasteiger partial charge in [-0.15, -0.1) is 0 Å². The molecule has 0 saturated heterocycles. The van der Waals surface area contributed by atoms with Crippen molar-refractivity contribution >= 4 is 21.6 Å². The first-order valence-electron chi connectivity index (χ1n) is 6.21. The Morgan fingerprint density at radius 1 is 1.45 bits per heavy atom. The van der Waals surface area contributed by atoms with Crippen molar-refractivity contribution in [3.63, 3.8) is 0 Å². The number of benzene rings is 1. The molecular weight excluding hydrogens is 298 g/mol. The molecule has 110 valence electrons. The monoisotopic (exact) mass is 315 g/mol. The SMILES string of the molecule is CC(C)CC(N)CNS(=O)(=O)c1ccc(C#N)cc1Cl. The standard InChI is InChI=1S/C13H18ClN3O2S/c1-9(2)5-11(16)8-17-20(18,19)13-4-3-10(7-15)6-12(13)14/h3-4,6,9,11,17H,5,8,16H2,1-2H3. The highest BCUT2D eigenvalue weighted by Crippen LogP contribution is 2.22. The average molecular weight is 316 g/mol. The average Bonchev–Trinajstić information content (AvgIpc) is 2.35. The molecule has 0 heterocycles. The van der Waals surface area contributed by atoms with Gasteiger partial charge in [0.2, 0.25) is 10.0 Å². The minimum atomic E-state index is -3.72. The van der Waals surface area contributed by atoms with Crippen LogP contribution in [0, 0.1) is 17.2 Å². The molecule has 0 aromatic heterocycles. The first kappa shape index (κ1) is 16.9. The number of nitriles is 1. The zero-order valence-electron chi connectivity index (χ0n) is 11.4. The van der Waals surface area contributed by atoms with Gasteiger partial charge in [-0.25, -0.2) is 13.1 Å². The van der Waals surface area contributed by atoms with E-state index in [9.17, 15) is 8.42 Å². The van der Waals surface area contributed by atoms with Gasteiger partial charge < -0.3 is 5.73 Å². The molecule has 1 aromatic carbocycles. The number of sulfonamides is 1. The molecule has 5 nitrogen and oxygen atoms in total. The fourth-order valence-electron chi connectivity index (χ4n) is 1.77. The summed E-state index contributed by atoms with van der Waals surface area (Å²) >= 11 is 5.89. The molecule has 20 heavy (non-hydrogen) atoms. The number of nitrogens with zero attached hydrogens (tertiary/aromatic N) is 1. The maximum absolute atomic E-state index is 12.1. The molecule has 0 saturated carbocycles. The minimum Gasteiger partial charge on any atom is -0.327 e. The molecule has 0 bridgehead atoms. The van der Waals surface area contributed by atoms with Gasteiger partial charge in [0, 0.05) is 12.6 Å². The van der Waals surface area contributed by atoms with Gasteiger partial charge in [0.05, 0.1) is 16.7 Å². The summed E-state index contributed by atoms with van der Waals surface area (Å²) in [4.78, 5) is -0.0464. The van der Waals surface area contributed by atoms with Crippen molar-refractivity contribution in [2.24, 2.45) is 11.7 Å². The van der Waals surface area contributed by atoms with Crippen molar-refractivity contribution in [1.82, 2.24) is 4.72 Å². The quantitative estimate of drug-likeness (QED) is 0.837. The topological polar surface area (TPSA) is 96.0 Å². The van der Waals surface area contributed by atoms with Gasteiger partial charge in [0.25, 0.3) is 0 Å². The van der Waals surface area contributed by atoms with Gasteiger partial charge in [0.15, 0.2) is 0 Å². The van der Waals surface area contributed by atoms with Crippen LogP contribution in [0.25, 0.3) is 0 Å². The van der Waals surface area contributed by atoms with Gasteiger partial charge in [-0.1, -0.05) is 25.4 Å². The van der Waals surface area contributed by atoms with E-state index in [-0.39, 0.29) is 22.5 Å². The summed E-state index contributed by atoms with van der Waals surface area (Å²) in [7, 11) is -3.72. The van der Waals surface area contributed by atoms with Crippen LogP contribution in [0.15, 0.2) is 23.1 Å². The zero-order chi connectivity index (χ0) is 15.3. The van der Waals surface area contributed by atoms with Crippen LogP contribution in [-0.4, -0.2) is 21.0 Å². The second-order valence-corrected chi connectivity index (χ2v) is 7.14. The van der Waals surface area contributed by atoms with Crippen molar-refractivity contribution in [1.29, 1.82) is 5.26 Å². The molecule has 0 spiro atoms. The number of rotatable bonds is 6. The number of hydrogen-bond donors (Lipinski definition) is 2. The second kappa shape index (κ2) is 7.04. The molecule has 0 aliphatic heterocycles. The highest BCUT2D eigenvalue weighted by atomic mass is 35.5. The third kappa shape index (κ3) is 4.76. The molecule has 0 amide bonds. The molecule has 0 aliphatic rings. The Morgan fingerprint density at radius 2 is 2.10 bits per heavy atom. The lowest BCUT2D eigenvalue weighted by atomic mass is 10.1. The Balaban J connectivity index is 2.82. The lowest BCUT2D eigenvalue weighted by Crippen LogP contribution is -2.38. The van der Waals surface area contributed by atoms with E-state index in [1.807, 2.05) is 19.9 Å². The molecule has 0 radical (unpaired) electrons.